The second-order valence-corrected chi connectivity index (χ2v) is 8.68. The van der Waals surface area contributed by atoms with Gasteiger partial charge in [-0.05, 0) is 55.2 Å². The lowest BCUT2D eigenvalue weighted by molar-refractivity contribution is -0.140. The summed E-state index contributed by atoms with van der Waals surface area (Å²) in [6.45, 7) is 7.02. The Morgan fingerprint density at radius 1 is 1.03 bits per heavy atom. The van der Waals surface area contributed by atoms with Gasteiger partial charge in [0.25, 0.3) is 0 Å². The molecular weight excluding hydrogens is 435 g/mol. The fourth-order valence-electron chi connectivity index (χ4n) is 2.93. The molecule has 0 aliphatic rings. The number of carbonyl (C=O) groups is 2. The summed E-state index contributed by atoms with van der Waals surface area (Å²) in [6, 6.07) is 13.8. The molecule has 0 saturated heterocycles. The molecule has 0 bridgehead atoms. The number of carbonyl (C=O) groups excluding carboxylic acids is 2. The maximum absolute atomic E-state index is 13.0. The van der Waals surface area contributed by atoms with E-state index in [2.05, 4.69) is 5.32 Å². The Morgan fingerprint density at radius 3 is 2.35 bits per heavy atom. The molecule has 2 aromatic rings. The van der Waals surface area contributed by atoms with E-state index in [9.17, 15) is 9.59 Å². The number of hydrogen-bond acceptors (Lipinski definition) is 3. The highest BCUT2D eigenvalue weighted by molar-refractivity contribution is 6.31. The predicted octanol–water partition coefficient (Wildman–Crippen LogP) is 5.34. The number of hydrogen-bond donors (Lipinski definition) is 1. The van der Waals surface area contributed by atoms with Gasteiger partial charge in [0, 0.05) is 29.6 Å². The van der Waals surface area contributed by atoms with Crippen molar-refractivity contribution < 1.29 is 14.3 Å². The minimum absolute atomic E-state index is 0.119. The van der Waals surface area contributed by atoms with Crippen LogP contribution in [0.15, 0.2) is 48.5 Å². The molecule has 2 rings (SSSR count). The maximum atomic E-state index is 13.0. The van der Waals surface area contributed by atoms with Gasteiger partial charge in [-0.3, -0.25) is 9.59 Å². The van der Waals surface area contributed by atoms with E-state index in [1.54, 1.807) is 42.2 Å². The van der Waals surface area contributed by atoms with Crippen LogP contribution in [-0.2, 0) is 16.1 Å². The zero-order chi connectivity index (χ0) is 22.8. The average Bonchev–Trinajstić information content (AvgIpc) is 2.75. The molecule has 0 saturated carbocycles. The lowest BCUT2D eigenvalue weighted by Gasteiger charge is -2.29. The fourth-order valence-corrected chi connectivity index (χ4v) is 3.25. The van der Waals surface area contributed by atoms with Crippen molar-refractivity contribution in [2.45, 2.75) is 46.2 Å². The molecule has 168 valence electrons. The van der Waals surface area contributed by atoms with Crippen LogP contribution in [0, 0.1) is 5.92 Å². The molecule has 2 amide bonds. The molecule has 0 spiro atoms. The molecule has 0 heterocycles. The van der Waals surface area contributed by atoms with E-state index in [1.165, 1.54) is 0 Å². The molecule has 0 aliphatic carbocycles. The highest BCUT2D eigenvalue weighted by atomic mass is 35.5. The van der Waals surface area contributed by atoms with Crippen LogP contribution in [0.25, 0.3) is 0 Å². The molecule has 1 N–H and O–H groups in total. The predicted molar refractivity (Wildman–Crippen MR) is 125 cm³/mol. The van der Waals surface area contributed by atoms with Crippen LogP contribution >= 0.6 is 23.2 Å². The van der Waals surface area contributed by atoms with Crippen molar-refractivity contribution in [1.82, 2.24) is 10.2 Å². The van der Waals surface area contributed by atoms with Crippen LogP contribution in [0.4, 0.5) is 0 Å². The number of rotatable bonds is 11. The quantitative estimate of drug-likeness (QED) is 0.456. The normalized spacial score (nSPS) is 11.8. The standard InChI is InChI=1S/C24H30Cl2N2O3/c1-17(2)15-27-24(30)18(3)28(16-19-7-4-5-8-22(19)26)23(29)9-6-14-31-21-12-10-20(25)11-13-21/h4-5,7-8,10-13,17-18H,6,9,14-16H2,1-3H3,(H,27,30)/t18-/m1/s1. The van der Waals surface area contributed by atoms with E-state index in [-0.39, 0.29) is 24.8 Å². The van der Waals surface area contributed by atoms with Crippen LogP contribution in [-0.4, -0.2) is 35.9 Å². The number of nitrogens with one attached hydrogen (secondary N) is 1. The molecular formula is C24H30Cl2N2O3. The van der Waals surface area contributed by atoms with Gasteiger partial charge in [0.15, 0.2) is 0 Å². The summed E-state index contributed by atoms with van der Waals surface area (Å²) in [6.07, 6.45) is 0.792. The smallest absolute Gasteiger partial charge is 0.242 e. The van der Waals surface area contributed by atoms with E-state index in [0.29, 0.717) is 41.3 Å². The molecule has 0 aromatic heterocycles. The third-order valence-corrected chi connectivity index (χ3v) is 5.39. The summed E-state index contributed by atoms with van der Waals surface area (Å²) in [7, 11) is 0. The van der Waals surface area contributed by atoms with Crippen molar-refractivity contribution in [2.75, 3.05) is 13.2 Å². The van der Waals surface area contributed by atoms with Gasteiger partial charge in [0.05, 0.1) is 6.61 Å². The number of amides is 2. The number of ether oxygens (including phenoxy) is 1. The van der Waals surface area contributed by atoms with Gasteiger partial charge in [-0.15, -0.1) is 0 Å². The molecule has 31 heavy (non-hydrogen) atoms. The fraction of sp³-hybridized carbons (Fsp3) is 0.417. The van der Waals surface area contributed by atoms with Gasteiger partial charge < -0.3 is 15.0 Å². The van der Waals surface area contributed by atoms with Gasteiger partial charge in [0.1, 0.15) is 11.8 Å². The third-order valence-electron chi connectivity index (χ3n) is 4.77. The topological polar surface area (TPSA) is 58.6 Å². The van der Waals surface area contributed by atoms with Crippen molar-refractivity contribution in [3.8, 4) is 5.75 Å². The van der Waals surface area contributed by atoms with Crippen LogP contribution in [0.5, 0.6) is 5.75 Å². The largest absolute Gasteiger partial charge is 0.494 e. The van der Waals surface area contributed by atoms with Gasteiger partial charge in [-0.2, -0.15) is 0 Å². The van der Waals surface area contributed by atoms with Crippen molar-refractivity contribution in [2.24, 2.45) is 5.92 Å². The van der Waals surface area contributed by atoms with Gasteiger partial charge in [0.2, 0.25) is 11.8 Å². The zero-order valence-electron chi connectivity index (χ0n) is 18.2. The van der Waals surface area contributed by atoms with Crippen LogP contribution in [0.3, 0.4) is 0 Å². The zero-order valence-corrected chi connectivity index (χ0v) is 19.7. The molecule has 0 aliphatic heterocycles. The summed E-state index contributed by atoms with van der Waals surface area (Å²) in [5.74, 6) is 0.735. The van der Waals surface area contributed by atoms with E-state index < -0.39 is 6.04 Å². The Balaban J connectivity index is 2.00. The Morgan fingerprint density at radius 2 is 1.71 bits per heavy atom. The first kappa shape index (κ1) is 25.0. The molecule has 1 atom stereocenters. The van der Waals surface area contributed by atoms with E-state index in [4.69, 9.17) is 27.9 Å². The van der Waals surface area contributed by atoms with Crippen LogP contribution < -0.4 is 10.1 Å². The second-order valence-electron chi connectivity index (χ2n) is 7.83. The summed E-state index contributed by atoms with van der Waals surface area (Å²) < 4.78 is 5.67. The van der Waals surface area contributed by atoms with Crippen LogP contribution in [0.1, 0.15) is 39.2 Å². The first-order chi connectivity index (χ1) is 14.8. The second kappa shape index (κ2) is 12.6. The first-order valence-electron chi connectivity index (χ1n) is 10.5. The van der Waals surface area contributed by atoms with Crippen molar-refractivity contribution in [1.29, 1.82) is 0 Å². The molecule has 2 aromatic carbocycles. The van der Waals surface area contributed by atoms with E-state index in [0.717, 1.165) is 5.56 Å². The minimum Gasteiger partial charge on any atom is -0.494 e. The number of halogens is 2. The first-order valence-corrected chi connectivity index (χ1v) is 11.2. The molecule has 7 heteroatoms. The Kier molecular flexibility index (Phi) is 10.2. The highest BCUT2D eigenvalue weighted by Crippen LogP contribution is 2.20. The Bertz CT molecular complexity index is 856. The van der Waals surface area contributed by atoms with E-state index >= 15 is 0 Å². The monoisotopic (exact) mass is 464 g/mol. The van der Waals surface area contributed by atoms with Crippen LogP contribution in [0.2, 0.25) is 10.0 Å². The third kappa shape index (κ3) is 8.42. The van der Waals surface area contributed by atoms with Gasteiger partial charge in [-0.25, -0.2) is 0 Å². The van der Waals surface area contributed by atoms with Crippen molar-refractivity contribution in [3.63, 3.8) is 0 Å². The molecule has 5 nitrogen and oxygen atoms in total. The van der Waals surface area contributed by atoms with Crippen molar-refractivity contribution >= 4 is 35.0 Å². The highest BCUT2D eigenvalue weighted by Gasteiger charge is 2.26. The van der Waals surface area contributed by atoms with E-state index in [1.807, 2.05) is 32.0 Å². The SMILES string of the molecule is CC(C)CNC(=O)[C@@H](C)N(Cc1ccccc1Cl)C(=O)CCCOc1ccc(Cl)cc1. The number of nitrogens with zero attached hydrogens (tertiary/aromatic N) is 1. The lowest BCUT2D eigenvalue weighted by atomic mass is 10.1. The molecule has 0 radical (unpaired) electrons. The Labute approximate surface area is 194 Å². The molecule has 0 unspecified atom stereocenters. The maximum Gasteiger partial charge on any atom is 0.242 e. The average molecular weight is 465 g/mol. The lowest BCUT2D eigenvalue weighted by Crippen LogP contribution is -2.48. The summed E-state index contributed by atoms with van der Waals surface area (Å²) >= 11 is 12.2. The summed E-state index contributed by atoms with van der Waals surface area (Å²) in [5.41, 5.74) is 0.804. The summed E-state index contributed by atoms with van der Waals surface area (Å²) in [5, 5.41) is 4.12. The molecule has 0 fully saturated rings. The summed E-state index contributed by atoms with van der Waals surface area (Å²) in [4.78, 5) is 27.2. The Hall–Kier alpha value is -2.24. The van der Waals surface area contributed by atoms with Crippen molar-refractivity contribution in [3.05, 3.63) is 64.1 Å². The van der Waals surface area contributed by atoms with Gasteiger partial charge in [-0.1, -0.05) is 55.2 Å². The number of benzene rings is 2. The van der Waals surface area contributed by atoms with Gasteiger partial charge >= 0.3 is 0 Å². The minimum atomic E-state index is -0.611.